The van der Waals surface area contributed by atoms with E-state index in [1.54, 1.807) is 13.0 Å². The van der Waals surface area contributed by atoms with Crippen LogP contribution in [-0.2, 0) is 16.8 Å². The van der Waals surface area contributed by atoms with Gasteiger partial charge in [-0.1, -0.05) is 0 Å². The third kappa shape index (κ3) is 0.986. The van der Waals surface area contributed by atoms with Gasteiger partial charge in [0.1, 0.15) is 5.76 Å². The molecule has 1 aliphatic rings. The van der Waals surface area contributed by atoms with Crippen LogP contribution in [0.4, 0.5) is 0 Å². The predicted molar refractivity (Wildman–Crippen MR) is 43.3 cm³/mol. The second kappa shape index (κ2) is 2.35. The summed E-state index contributed by atoms with van der Waals surface area (Å²) in [6, 6.07) is 1.77. The Balaban J connectivity index is 2.53. The van der Waals surface area contributed by atoms with Gasteiger partial charge >= 0.3 is 5.97 Å². The largest absolute Gasteiger partial charge is 0.479 e. The first kappa shape index (κ1) is 8.31. The molecular formula is C9H10O4. The van der Waals surface area contributed by atoms with Gasteiger partial charge in [-0.15, -0.1) is 0 Å². The minimum Gasteiger partial charge on any atom is -0.479 e. The van der Waals surface area contributed by atoms with Crippen molar-refractivity contribution in [3.05, 3.63) is 23.2 Å². The summed E-state index contributed by atoms with van der Waals surface area (Å²) < 4.78 is 5.17. The van der Waals surface area contributed by atoms with Crippen molar-refractivity contribution >= 4 is 5.97 Å². The maximum absolute atomic E-state index is 10.8. The highest BCUT2D eigenvalue weighted by Gasteiger charge is 2.47. The highest BCUT2D eigenvalue weighted by molar-refractivity contribution is 5.79. The predicted octanol–water partition coefficient (Wildman–Crippen LogP) is 0.806. The van der Waals surface area contributed by atoms with Gasteiger partial charge in [0.2, 0.25) is 5.60 Å². The van der Waals surface area contributed by atoms with Gasteiger partial charge in [0.15, 0.2) is 5.76 Å². The Kier molecular flexibility index (Phi) is 1.51. The molecule has 0 spiro atoms. The van der Waals surface area contributed by atoms with Crippen molar-refractivity contribution < 1.29 is 19.4 Å². The van der Waals surface area contributed by atoms with E-state index in [0.717, 1.165) is 5.56 Å². The van der Waals surface area contributed by atoms with Gasteiger partial charge in [0.05, 0.1) is 0 Å². The minimum atomic E-state index is -1.80. The summed E-state index contributed by atoms with van der Waals surface area (Å²) in [5, 5.41) is 18.6. The number of furan rings is 1. The number of fused-ring (bicyclic) bond motifs is 1. The molecule has 1 heterocycles. The van der Waals surface area contributed by atoms with Gasteiger partial charge in [-0.25, -0.2) is 4.79 Å². The lowest BCUT2D eigenvalue weighted by molar-refractivity contribution is -0.161. The van der Waals surface area contributed by atoms with Crippen LogP contribution in [0.2, 0.25) is 0 Å². The monoisotopic (exact) mass is 182 g/mol. The molecule has 0 fully saturated rings. The van der Waals surface area contributed by atoms with Crippen LogP contribution in [-0.4, -0.2) is 16.2 Å². The molecule has 1 aromatic rings. The van der Waals surface area contributed by atoms with Crippen LogP contribution < -0.4 is 0 Å². The molecule has 2 rings (SSSR count). The number of rotatable bonds is 1. The van der Waals surface area contributed by atoms with Crippen LogP contribution in [0.1, 0.15) is 23.5 Å². The lowest BCUT2D eigenvalue weighted by atomic mass is 10.0. The van der Waals surface area contributed by atoms with E-state index in [9.17, 15) is 9.90 Å². The summed E-state index contributed by atoms with van der Waals surface area (Å²) in [6.07, 6.45) is 0.770. The van der Waals surface area contributed by atoms with Crippen molar-refractivity contribution in [3.63, 3.8) is 0 Å². The Morgan fingerprint density at radius 3 is 3.00 bits per heavy atom. The molecule has 0 aromatic carbocycles. The summed E-state index contributed by atoms with van der Waals surface area (Å²) in [4.78, 5) is 10.8. The first-order valence-electron chi connectivity index (χ1n) is 4.09. The average Bonchev–Trinajstić information content (AvgIpc) is 2.53. The summed E-state index contributed by atoms with van der Waals surface area (Å²) in [6.45, 7) is 1.74. The summed E-state index contributed by atoms with van der Waals surface area (Å²) in [7, 11) is 0. The molecule has 0 radical (unpaired) electrons. The second-order valence-corrected chi connectivity index (χ2v) is 3.38. The number of carboxylic acids is 1. The van der Waals surface area contributed by atoms with E-state index >= 15 is 0 Å². The molecule has 0 saturated carbocycles. The first-order valence-corrected chi connectivity index (χ1v) is 4.09. The Morgan fingerprint density at radius 2 is 2.38 bits per heavy atom. The zero-order valence-electron chi connectivity index (χ0n) is 7.20. The van der Waals surface area contributed by atoms with E-state index in [0.29, 0.717) is 12.2 Å². The van der Waals surface area contributed by atoms with Gasteiger partial charge in [-0.2, -0.15) is 0 Å². The molecule has 0 saturated heterocycles. The fourth-order valence-electron chi connectivity index (χ4n) is 1.74. The molecular weight excluding hydrogens is 172 g/mol. The van der Waals surface area contributed by atoms with E-state index in [4.69, 9.17) is 9.52 Å². The summed E-state index contributed by atoms with van der Waals surface area (Å²) >= 11 is 0. The molecule has 1 atom stereocenters. The number of aryl methyl sites for hydroxylation is 2. The third-order valence-corrected chi connectivity index (χ3v) is 2.42. The van der Waals surface area contributed by atoms with E-state index < -0.39 is 11.6 Å². The minimum absolute atomic E-state index is 0.205. The maximum Gasteiger partial charge on any atom is 0.343 e. The van der Waals surface area contributed by atoms with Crippen LogP contribution >= 0.6 is 0 Å². The Labute approximate surface area is 74.8 Å². The van der Waals surface area contributed by atoms with Crippen molar-refractivity contribution in [2.24, 2.45) is 0 Å². The highest BCUT2D eigenvalue weighted by atomic mass is 16.4. The topological polar surface area (TPSA) is 70.7 Å². The lowest BCUT2D eigenvalue weighted by Gasteiger charge is -2.14. The molecule has 13 heavy (non-hydrogen) atoms. The SMILES string of the molecule is Cc1cc2c(o1)C(O)(C(=O)O)CC2. The van der Waals surface area contributed by atoms with Crippen molar-refractivity contribution in [1.82, 2.24) is 0 Å². The molecule has 0 bridgehead atoms. The lowest BCUT2D eigenvalue weighted by Crippen LogP contribution is -2.32. The van der Waals surface area contributed by atoms with Crippen molar-refractivity contribution in [1.29, 1.82) is 0 Å². The number of carboxylic acid groups (broad SMARTS) is 1. The van der Waals surface area contributed by atoms with Gasteiger partial charge < -0.3 is 14.6 Å². The van der Waals surface area contributed by atoms with Crippen molar-refractivity contribution in [3.8, 4) is 0 Å². The molecule has 4 heteroatoms. The van der Waals surface area contributed by atoms with Crippen LogP contribution in [0.25, 0.3) is 0 Å². The maximum atomic E-state index is 10.8. The average molecular weight is 182 g/mol. The first-order chi connectivity index (χ1) is 6.04. The third-order valence-electron chi connectivity index (χ3n) is 2.42. The van der Waals surface area contributed by atoms with Crippen LogP contribution in [0.5, 0.6) is 0 Å². The Hall–Kier alpha value is -1.29. The van der Waals surface area contributed by atoms with E-state index in [-0.39, 0.29) is 12.2 Å². The highest BCUT2D eigenvalue weighted by Crippen LogP contribution is 2.38. The standard InChI is InChI=1S/C9H10O4/c1-5-4-6-2-3-9(12,8(10)11)7(6)13-5/h4,12H,2-3H2,1H3,(H,10,11). The van der Waals surface area contributed by atoms with Crippen LogP contribution in [0.3, 0.4) is 0 Å². The van der Waals surface area contributed by atoms with Crippen LogP contribution in [0.15, 0.2) is 10.5 Å². The summed E-state index contributed by atoms with van der Waals surface area (Å²) in [5.74, 6) is -0.387. The number of aliphatic hydroxyl groups is 1. The van der Waals surface area contributed by atoms with Crippen LogP contribution in [0, 0.1) is 6.92 Å². The zero-order chi connectivity index (χ0) is 9.64. The van der Waals surface area contributed by atoms with E-state index in [2.05, 4.69) is 0 Å². The normalized spacial score (nSPS) is 26.0. The Bertz CT molecular complexity index is 366. The van der Waals surface area contributed by atoms with Gasteiger partial charge in [-0.3, -0.25) is 0 Å². The molecule has 1 unspecified atom stereocenters. The fraction of sp³-hybridized carbons (Fsp3) is 0.444. The smallest absolute Gasteiger partial charge is 0.343 e. The fourth-order valence-corrected chi connectivity index (χ4v) is 1.74. The van der Waals surface area contributed by atoms with E-state index in [1.807, 2.05) is 0 Å². The van der Waals surface area contributed by atoms with Crippen molar-refractivity contribution in [2.45, 2.75) is 25.4 Å². The second-order valence-electron chi connectivity index (χ2n) is 3.38. The van der Waals surface area contributed by atoms with E-state index in [1.165, 1.54) is 0 Å². The molecule has 0 amide bonds. The number of aliphatic carboxylic acids is 1. The zero-order valence-corrected chi connectivity index (χ0v) is 7.20. The summed E-state index contributed by atoms with van der Waals surface area (Å²) in [5.41, 5.74) is -0.994. The van der Waals surface area contributed by atoms with Crippen molar-refractivity contribution in [2.75, 3.05) is 0 Å². The van der Waals surface area contributed by atoms with Gasteiger partial charge in [0.25, 0.3) is 0 Å². The van der Waals surface area contributed by atoms with Gasteiger partial charge in [0, 0.05) is 0 Å². The number of hydrogen-bond donors (Lipinski definition) is 2. The van der Waals surface area contributed by atoms with Gasteiger partial charge in [-0.05, 0) is 31.4 Å². The molecule has 2 N–H and O–H groups in total. The molecule has 4 nitrogen and oxygen atoms in total. The molecule has 1 aliphatic carbocycles. The molecule has 0 aliphatic heterocycles. The molecule has 70 valence electrons. The quantitative estimate of drug-likeness (QED) is 0.674. The number of hydrogen-bond acceptors (Lipinski definition) is 3. The molecule has 1 aromatic heterocycles. The number of carbonyl (C=O) groups is 1. The Morgan fingerprint density at radius 1 is 1.69 bits per heavy atom.